The van der Waals surface area contributed by atoms with Gasteiger partial charge in [0.15, 0.2) is 5.78 Å². The molecule has 0 aliphatic heterocycles. The number of carboxylic acid groups (broad SMARTS) is 1. The van der Waals surface area contributed by atoms with Gasteiger partial charge in [-0.15, -0.1) is 0 Å². The Kier molecular flexibility index (Phi) is 3.45. The second-order valence-corrected chi connectivity index (χ2v) is 3.24. The lowest BCUT2D eigenvalue weighted by Crippen LogP contribution is -2.00. The molecule has 0 spiro atoms. The van der Waals surface area contributed by atoms with Crippen LogP contribution in [0.15, 0.2) is 18.5 Å². The van der Waals surface area contributed by atoms with Crippen molar-refractivity contribution in [2.24, 2.45) is 7.05 Å². The first-order chi connectivity index (χ1) is 6.59. The Morgan fingerprint density at radius 1 is 1.43 bits per heavy atom. The van der Waals surface area contributed by atoms with Gasteiger partial charge in [-0.1, -0.05) is 0 Å². The van der Waals surface area contributed by atoms with E-state index in [1.165, 1.54) is 0 Å². The molecule has 1 N–H and O–H groups in total. The van der Waals surface area contributed by atoms with E-state index in [1.54, 1.807) is 23.0 Å². The van der Waals surface area contributed by atoms with Crippen LogP contribution in [0.1, 0.15) is 29.6 Å². The van der Waals surface area contributed by atoms with Crippen LogP contribution in [0.5, 0.6) is 0 Å². The summed E-state index contributed by atoms with van der Waals surface area (Å²) in [5.74, 6) is -0.849. The lowest BCUT2D eigenvalue weighted by molar-refractivity contribution is -0.137. The summed E-state index contributed by atoms with van der Waals surface area (Å²) in [5, 5.41) is 8.39. The fourth-order valence-electron chi connectivity index (χ4n) is 1.21. The molecule has 0 amide bonds. The zero-order valence-corrected chi connectivity index (χ0v) is 8.06. The summed E-state index contributed by atoms with van der Waals surface area (Å²) in [6.07, 6.45) is 4.30. The van der Waals surface area contributed by atoms with E-state index in [1.807, 2.05) is 7.05 Å². The van der Waals surface area contributed by atoms with E-state index in [0.717, 1.165) is 0 Å². The minimum Gasteiger partial charge on any atom is -0.481 e. The molecule has 0 aliphatic carbocycles. The van der Waals surface area contributed by atoms with Gasteiger partial charge in [0.05, 0.1) is 0 Å². The van der Waals surface area contributed by atoms with E-state index in [9.17, 15) is 9.59 Å². The predicted octanol–water partition coefficient (Wildman–Crippen LogP) is 1.46. The van der Waals surface area contributed by atoms with Crippen molar-refractivity contribution in [1.29, 1.82) is 0 Å². The summed E-state index contributed by atoms with van der Waals surface area (Å²) < 4.78 is 1.80. The van der Waals surface area contributed by atoms with Gasteiger partial charge in [-0.05, 0) is 12.5 Å². The number of hydrogen-bond acceptors (Lipinski definition) is 2. The van der Waals surface area contributed by atoms with Gasteiger partial charge in [0.25, 0.3) is 0 Å². The molecule has 0 aliphatic rings. The van der Waals surface area contributed by atoms with Gasteiger partial charge in [0.1, 0.15) is 0 Å². The largest absolute Gasteiger partial charge is 0.481 e. The molecular weight excluding hydrogens is 182 g/mol. The monoisotopic (exact) mass is 195 g/mol. The van der Waals surface area contributed by atoms with Crippen molar-refractivity contribution < 1.29 is 14.7 Å². The molecule has 14 heavy (non-hydrogen) atoms. The number of carbonyl (C=O) groups excluding carboxylic acids is 1. The molecule has 4 nitrogen and oxygen atoms in total. The van der Waals surface area contributed by atoms with Crippen LogP contribution in [0, 0.1) is 0 Å². The van der Waals surface area contributed by atoms with Crippen LogP contribution >= 0.6 is 0 Å². The Morgan fingerprint density at radius 3 is 2.64 bits per heavy atom. The van der Waals surface area contributed by atoms with Crippen LogP contribution in [0.25, 0.3) is 0 Å². The van der Waals surface area contributed by atoms with Crippen molar-refractivity contribution in [3.8, 4) is 0 Å². The lowest BCUT2D eigenvalue weighted by Gasteiger charge is -1.95. The second kappa shape index (κ2) is 4.60. The van der Waals surface area contributed by atoms with E-state index in [-0.39, 0.29) is 12.2 Å². The predicted molar refractivity (Wildman–Crippen MR) is 51.2 cm³/mol. The number of carboxylic acids is 1. The molecule has 0 fully saturated rings. The minimum absolute atomic E-state index is 0.00634. The van der Waals surface area contributed by atoms with Gasteiger partial charge in [-0.3, -0.25) is 9.59 Å². The van der Waals surface area contributed by atoms with Gasteiger partial charge in [0, 0.05) is 37.8 Å². The van der Waals surface area contributed by atoms with Crippen LogP contribution in [0.3, 0.4) is 0 Å². The molecule has 76 valence electrons. The van der Waals surface area contributed by atoms with Crippen molar-refractivity contribution in [2.45, 2.75) is 19.3 Å². The van der Waals surface area contributed by atoms with Crippen molar-refractivity contribution in [3.05, 3.63) is 24.0 Å². The highest BCUT2D eigenvalue weighted by Crippen LogP contribution is 2.07. The molecule has 1 heterocycles. The van der Waals surface area contributed by atoms with Crippen molar-refractivity contribution in [2.75, 3.05) is 0 Å². The van der Waals surface area contributed by atoms with Gasteiger partial charge in [-0.25, -0.2) is 0 Å². The molecule has 0 radical (unpaired) electrons. The maximum Gasteiger partial charge on any atom is 0.303 e. The third kappa shape index (κ3) is 3.05. The average molecular weight is 195 g/mol. The van der Waals surface area contributed by atoms with Crippen LogP contribution in [-0.4, -0.2) is 21.4 Å². The van der Waals surface area contributed by atoms with Crippen LogP contribution in [-0.2, 0) is 11.8 Å². The first-order valence-corrected chi connectivity index (χ1v) is 4.46. The summed E-state index contributed by atoms with van der Waals surface area (Å²) in [6.45, 7) is 0. The summed E-state index contributed by atoms with van der Waals surface area (Å²) in [6, 6.07) is 1.74. The molecule has 0 bridgehead atoms. The summed E-state index contributed by atoms with van der Waals surface area (Å²) in [5.41, 5.74) is 0.651. The highest BCUT2D eigenvalue weighted by molar-refractivity contribution is 5.96. The summed E-state index contributed by atoms with van der Waals surface area (Å²) in [4.78, 5) is 21.6. The maximum atomic E-state index is 11.4. The fraction of sp³-hybridized carbons (Fsp3) is 0.400. The molecule has 0 unspecified atom stereocenters. The number of ketones is 1. The Bertz CT molecular complexity index is 341. The number of hydrogen-bond donors (Lipinski definition) is 1. The van der Waals surface area contributed by atoms with Crippen molar-refractivity contribution >= 4 is 11.8 Å². The van der Waals surface area contributed by atoms with E-state index >= 15 is 0 Å². The minimum atomic E-state index is -0.856. The zero-order valence-electron chi connectivity index (χ0n) is 8.06. The van der Waals surface area contributed by atoms with Crippen LogP contribution in [0.4, 0.5) is 0 Å². The Balaban J connectivity index is 2.39. The molecule has 1 aromatic heterocycles. The summed E-state index contributed by atoms with van der Waals surface area (Å²) >= 11 is 0. The molecule has 0 saturated heterocycles. The number of aryl methyl sites for hydroxylation is 1. The van der Waals surface area contributed by atoms with Crippen LogP contribution in [0.2, 0.25) is 0 Å². The first kappa shape index (κ1) is 10.5. The Hall–Kier alpha value is -1.58. The van der Waals surface area contributed by atoms with E-state index < -0.39 is 5.97 Å². The number of nitrogens with zero attached hydrogens (tertiary/aromatic N) is 1. The normalized spacial score (nSPS) is 10.1. The maximum absolute atomic E-state index is 11.4. The van der Waals surface area contributed by atoms with Crippen LogP contribution < -0.4 is 0 Å². The quantitative estimate of drug-likeness (QED) is 0.723. The smallest absolute Gasteiger partial charge is 0.303 e. The highest BCUT2D eigenvalue weighted by Gasteiger charge is 2.07. The summed E-state index contributed by atoms with van der Waals surface area (Å²) in [7, 11) is 1.84. The van der Waals surface area contributed by atoms with E-state index in [4.69, 9.17) is 5.11 Å². The fourth-order valence-corrected chi connectivity index (χ4v) is 1.21. The standard InChI is InChI=1S/C10H13NO3/c1-11-6-5-8(7-11)9(12)3-2-4-10(13)14/h5-7H,2-4H2,1H3,(H,13,14). The third-order valence-electron chi connectivity index (χ3n) is 1.95. The van der Waals surface area contributed by atoms with Crippen molar-refractivity contribution in [3.63, 3.8) is 0 Å². The first-order valence-electron chi connectivity index (χ1n) is 4.46. The molecule has 0 atom stereocenters. The molecule has 1 rings (SSSR count). The number of carbonyl (C=O) groups is 2. The molecular formula is C10H13NO3. The highest BCUT2D eigenvalue weighted by atomic mass is 16.4. The number of aliphatic carboxylic acids is 1. The van der Waals surface area contributed by atoms with Gasteiger partial charge in [-0.2, -0.15) is 0 Å². The third-order valence-corrected chi connectivity index (χ3v) is 1.95. The number of Topliss-reactive ketones (excluding diaryl/α,β-unsaturated/α-hetero) is 1. The van der Waals surface area contributed by atoms with Gasteiger partial charge >= 0.3 is 5.97 Å². The lowest BCUT2D eigenvalue weighted by atomic mass is 10.1. The topological polar surface area (TPSA) is 59.3 Å². The molecule has 0 saturated carbocycles. The number of rotatable bonds is 5. The Morgan fingerprint density at radius 2 is 2.14 bits per heavy atom. The zero-order chi connectivity index (χ0) is 10.6. The molecule has 0 aromatic carbocycles. The molecule has 1 aromatic rings. The Labute approximate surface area is 82.2 Å². The van der Waals surface area contributed by atoms with Crippen molar-refractivity contribution in [1.82, 2.24) is 4.57 Å². The number of aromatic nitrogens is 1. The molecule has 4 heteroatoms. The van der Waals surface area contributed by atoms with Gasteiger partial charge in [0.2, 0.25) is 0 Å². The average Bonchev–Trinajstić information content (AvgIpc) is 2.51. The SMILES string of the molecule is Cn1ccc(C(=O)CCCC(=O)O)c1. The second-order valence-electron chi connectivity index (χ2n) is 3.24. The van der Waals surface area contributed by atoms with Gasteiger partial charge < -0.3 is 9.67 Å². The van der Waals surface area contributed by atoms with E-state index in [2.05, 4.69) is 0 Å². The van der Waals surface area contributed by atoms with E-state index in [0.29, 0.717) is 18.4 Å².